The normalized spacial score (nSPS) is 14.2. The molecule has 1 aliphatic rings. The largest absolute Gasteiger partial charge is 0.383 e. The molecule has 31 heavy (non-hydrogen) atoms. The van der Waals surface area contributed by atoms with Gasteiger partial charge in [-0.25, -0.2) is 9.55 Å². The van der Waals surface area contributed by atoms with Crippen molar-refractivity contribution in [3.8, 4) is 5.69 Å². The van der Waals surface area contributed by atoms with Gasteiger partial charge in [0.25, 0.3) is 5.56 Å². The first-order chi connectivity index (χ1) is 15.0. The van der Waals surface area contributed by atoms with Crippen LogP contribution in [0.25, 0.3) is 15.9 Å². The van der Waals surface area contributed by atoms with Crippen molar-refractivity contribution >= 4 is 39.1 Å². The van der Waals surface area contributed by atoms with Crippen LogP contribution in [0.3, 0.4) is 0 Å². The molecule has 0 fully saturated rings. The molecular weight excluding hydrogens is 436 g/mol. The van der Waals surface area contributed by atoms with Crippen LogP contribution in [0, 0.1) is 0 Å². The first kappa shape index (κ1) is 22.2. The lowest BCUT2D eigenvalue weighted by Crippen LogP contribution is -2.36. The van der Waals surface area contributed by atoms with E-state index in [2.05, 4.69) is 11.9 Å². The number of methoxy groups -OCH3 is 2. The minimum atomic E-state index is -0.0378. The van der Waals surface area contributed by atoms with Gasteiger partial charge in [-0.2, -0.15) is 0 Å². The molecule has 0 spiro atoms. The molecule has 0 saturated carbocycles. The van der Waals surface area contributed by atoms with E-state index in [4.69, 9.17) is 26.1 Å². The Morgan fingerprint density at radius 1 is 1.16 bits per heavy atom. The second kappa shape index (κ2) is 9.67. The van der Waals surface area contributed by atoms with Gasteiger partial charge in [-0.15, -0.1) is 11.3 Å². The first-order valence-electron chi connectivity index (χ1n) is 10.3. The third-order valence-electron chi connectivity index (χ3n) is 5.55. The Kier molecular flexibility index (Phi) is 6.93. The molecule has 0 amide bonds. The second-order valence-corrected chi connectivity index (χ2v) is 9.19. The van der Waals surface area contributed by atoms with Crippen molar-refractivity contribution in [2.24, 2.45) is 0 Å². The molecule has 0 radical (unpaired) electrons. The van der Waals surface area contributed by atoms with Crippen LogP contribution in [-0.4, -0.2) is 68.6 Å². The summed E-state index contributed by atoms with van der Waals surface area (Å²) in [5, 5.41) is 1.36. The molecule has 4 rings (SSSR count). The predicted octanol–water partition coefficient (Wildman–Crippen LogP) is 3.19. The Bertz CT molecular complexity index is 1100. The van der Waals surface area contributed by atoms with Crippen molar-refractivity contribution in [2.75, 3.05) is 59.0 Å². The van der Waals surface area contributed by atoms with E-state index < -0.39 is 0 Å². The Morgan fingerprint density at radius 3 is 2.48 bits per heavy atom. The molecule has 1 aliphatic heterocycles. The monoisotopic (exact) mass is 462 g/mol. The molecule has 3 heterocycles. The molecule has 166 valence electrons. The number of halogens is 1. The Balaban J connectivity index is 1.95. The van der Waals surface area contributed by atoms with Gasteiger partial charge in [0.15, 0.2) is 0 Å². The van der Waals surface area contributed by atoms with E-state index >= 15 is 0 Å². The van der Waals surface area contributed by atoms with Crippen LogP contribution in [0.15, 0.2) is 29.1 Å². The highest BCUT2D eigenvalue weighted by molar-refractivity contribution is 7.18. The fraction of sp³-hybridized carbons (Fsp3) is 0.455. The summed E-state index contributed by atoms with van der Waals surface area (Å²) in [5.74, 6) is 0.598. The van der Waals surface area contributed by atoms with Crippen LogP contribution >= 0.6 is 22.9 Å². The van der Waals surface area contributed by atoms with Gasteiger partial charge in [0.2, 0.25) is 5.95 Å². The number of rotatable bonds is 8. The lowest BCUT2D eigenvalue weighted by Gasteiger charge is -2.26. The number of aromatic nitrogens is 2. The molecule has 2 aromatic heterocycles. The van der Waals surface area contributed by atoms with E-state index in [9.17, 15) is 4.79 Å². The smallest absolute Gasteiger partial charge is 0.268 e. The molecule has 0 aliphatic carbocycles. The van der Waals surface area contributed by atoms with Crippen molar-refractivity contribution < 1.29 is 9.47 Å². The van der Waals surface area contributed by atoms with Crippen LogP contribution in [0.5, 0.6) is 0 Å². The molecule has 0 bridgehead atoms. The van der Waals surface area contributed by atoms with E-state index in [0.717, 1.165) is 41.0 Å². The van der Waals surface area contributed by atoms with Crippen molar-refractivity contribution in [1.82, 2.24) is 14.5 Å². The first-order valence-corrected chi connectivity index (χ1v) is 11.5. The highest BCUT2D eigenvalue weighted by Gasteiger charge is 2.26. The van der Waals surface area contributed by atoms with Crippen molar-refractivity contribution in [3.63, 3.8) is 0 Å². The van der Waals surface area contributed by atoms with Crippen LogP contribution in [0.1, 0.15) is 10.4 Å². The fourth-order valence-electron chi connectivity index (χ4n) is 3.91. The zero-order chi connectivity index (χ0) is 22.0. The fourth-order valence-corrected chi connectivity index (χ4v) is 5.32. The van der Waals surface area contributed by atoms with E-state index in [1.807, 2.05) is 17.0 Å². The quantitative estimate of drug-likeness (QED) is 0.512. The van der Waals surface area contributed by atoms with Crippen molar-refractivity contribution in [1.29, 1.82) is 0 Å². The maximum Gasteiger partial charge on any atom is 0.268 e. The minimum absolute atomic E-state index is 0.0378. The van der Waals surface area contributed by atoms with Crippen LogP contribution in [0.2, 0.25) is 5.02 Å². The van der Waals surface area contributed by atoms with E-state index in [-0.39, 0.29) is 5.56 Å². The molecule has 0 unspecified atom stereocenters. The summed E-state index contributed by atoms with van der Waals surface area (Å²) in [6.45, 7) is 4.02. The van der Waals surface area contributed by atoms with Crippen LogP contribution in [-0.2, 0) is 22.4 Å². The molecule has 1 aromatic carbocycles. The average molecular weight is 463 g/mol. The number of hydrogen-bond donors (Lipinski definition) is 0. The van der Waals surface area contributed by atoms with Gasteiger partial charge >= 0.3 is 0 Å². The number of fused-ring (bicyclic) bond motifs is 3. The number of ether oxygens (including phenoxy) is 2. The highest BCUT2D eigenvalue weighted by atomic mass is 35.5. The molecular formula is C22H27ClN4O3S. The van der Waals surface area contributed by atoms with E-state index in [0.29, 0.717) is 37.3 Å². The minimum Gasteiger partial charge on any atom is -0.383 e. The number of hydrogen-bond acceptors (Lipinski definition) is 7. The van der Waals surface area contributed by atoms with Gasteiger partial charge in [0.1, 0.15) is 4.83 Å². The lowest BCUT2D eigenvalue weighted by molar-refractivity contribution is 0.189. The van der Waals surface area contributed by atoms with Gasteiger partial charge in [0.05, 0.1) is 24.3 Å². The van der Waals surface area contributed by atoms with Crippen molar-refractivity contribution in [2.45, 2.75) is 13.0 Å². The summed E-state index contributed by atoms with van der Waals surface area (Å²) < 4.78 is 12.3. The Labute approximate surface area is 190 Å². The summed E-state index contributed by atoms with van der Waals surface area (Å²) in [6, 6.07) is 7.31. The summed E-state index contributed by atoms with van der Waals surface area (Å²) >= 11 is 7.74. The zero-order valence-corrected chi connectivity index (χ0v) is 19.6. The maximum atomic E-state index is 13.9. The average Bonchev–Trinajstić information content (AvgIpc) is 3.12. The second-order valence-electron chi connectivity index (χ2n) is 7.67. The summed E-state index contributed by atoms with van der Waals surface area (Å²) in [7, 11) is 5.44. The number of thiophene rings is 1. The van der Waals surface area contributed by atoms with E-state index in [1.165, 1.54) is 4.88 Å². The summed E-state index contributed by atoms with van der Waals surface area (Å²) in [6.07, 6.45) is 0.861. The maximum absolute atomic E-state index is 13.9. The topological polar surface area (TPSA) is 59.8 Å². The predicted molar refractivity (Wildman–Crippen MR) is 126 cm³/mol. The number of anilines is 1. The highest BCUT2D eigenvalue weighted by Crippen LogP contribution is 2.34. The number of nitrogens with zero attached hydrogens (tertiary/aromatic N) is 4. The standard InChI is InChI=1S/C22H27ClN4O3S/c1-25-9-8-17-18(14-25)31-20-19(17)21(28)27(16-6-4-15(23)5-7-16)22(24-20)26(10-12-29-2)11-13-30-3/h4-7H,8-14H2,1-3H3. The van der Waals surface area contributed by atoms with Crippen LogP contribution in [0.4, 0.5) is 5.95 Å². The van der Waals surface area contributed by atoms with Gasteiger partial charge in [-0.05, 0) is 43.3 Å². The molecule has 0 saturated heterocycles. The van der Waals surface area contributed by atoms with Crippen LogP contribution < -0.4 is 10.5 Å². The Morgan fingerprint density at radius 2 is 1.84 bits per heavy atom. The Hall–Kier alpha value is -1.97. The molecule has 7 nitrogen and oxygen atoms in total. The zero-order valence-electron chi connectivity index (χ0n) is 18.1. The third kappa shape index (κ3) is 4.49. The summed E-state index contributed by atoms with van der Waals surface area (Å²) in [4.78, 5) is 25.3. The molecule has 3 aromatic rings. The molecule has 0 N–H and O–H groups in total. The van der Waals surface area contributed by atoms with Crippen molar-refractivity contribution in [3.05, 3.63) is 50.1 Å². The number of likely N-dealkylation sites (N-methyl/N-ethyl adjacent to an activating group) is 1. The summed E-state index contributed by atoms with van der Waals surface area (Å²) in [5.41, 5.74) is 1.85. The molecule has 9 heteroatoms. The van der Waals surface area contributed by atoms with Gasteiger partial charge < -0.3 is 19.3 Å². The van der Waals surface area contributed by atoms with Gasteiger partial charge in [-0.1, -0.05) is 11.6 Å². The number of benzene rings is 1. The van der Waals surface area contributed by atoms with Gasteiger partial charge in [0, 0.05) is 50.3 Å². The SMILES string of the molecule is COCCN(CCOC)c1nc2sc3c(c2c(=O)n1-c1ccc(Cl)cc1)CCN(C)C3. The lowest BCUT2D eigenvalue weighted by atomic mass is 10.1. The third-order valence-corrected chi connectivity index (χ3v) is 6.91. The van der Waals surface area contributed by atoms with Gasteiger partial charge in [-0.3, -0.25) is 4.79 Å². The van der Waals surface area contributed by atoms with E-state index in [1.54, 1.807) is 42.3 Å². The molecule has 0 atom stereocenters.